The van der Waals surface area contributed by atoms with E-state index in [1.807, 2.05) is 0 Å². The van der Waals surface area contributed by atoms with Crippen molar-refractivity contribution in [3.8, 4) is 0 Å². The van der Waals surface area contributed by atoms with E-state index in [1.54, 1.807) is 24.3 Å². The number of alkyl halides is 3. The zero-order valence-electron chi connectivity index (χ0n) is 13.2. The van der Waals surface area contributed by atoms with Gasteiger partial charge in [-0.3, -0.25) is 20.2 Å². The molecule has 0 bridgehead atoms. The summed E-state index contributed by atoms with van der Waals surface area (Å²) in [5.74, 6) is 0. The molecule has 1 heterocycles. The molecule has 14 heteroatoms. The quantitative estimate of drug-likeness (QED) is 0.402. The van der Waals surface area contributed by atoms with Crippen molar-refractivity contribution < 1.29 is 27.2 Å². The molecule has 0 aliphatic heterocycles. The molecule has 146 valence electrons. The third-order valence-electron chi connectivity index (χ3n) is 3.30. The summed E-state index contributed by atoms with van der Waals surface area (Å²) < 4.78 is 50.6. The van der Waals surface area contributed by atoms with Gasteiger partial charge in [-0.05, 0) is 23.9 Å². The Morgan fingerprint density at radius 3 is 2.14 bits per heavy atom. The third-order valence-corrected chi connectivity index (χ3v) is 6.61. The van der Waals surface area contributed by atoms with Crippen molar-refractivity contribution in [2.24, 2.45) is 0 Å². The van der Waals surface area contributed by atoms with Crippen LogP contribution in [0.2, 0.25) is 0 Å². The number of nitro benzene ring substituents is 2. The largest absolute Gasteiger partial charge is 0.475 e. The van der Waals surface area contributed by atoms with Crippen LogP contribution in [0.5, 0.6) is 0 Å². The maximum Gasteiger partial charge on any atom is 0.475 e. The first-order chi connectivity index (χ1) is 13.1. The fourth-order valence-electron chi connectivity index (χ4n) is 2.17. The predicted octanol–water partition coefficient (Wildman–Crippen LogP) is 4.89. The van der Waals surface area contributed by atoms with Gasteiger partial charge in [0.25, 0.3) is 11.4 Å². The number of hydrogen-bond donors (Lipinski definition) is 0. The number of halogens is 3. The van der Waals surface area contributed by atoms with Crippen molar-refractivity contribution in [1.29, 1.82) is 0 Å². The lowest BCUT2D eigenvalue weighted by atomic mass is 10.3. The maximum atomic E-state index is 12.7. The average Bonchev–Trinajstić information content (AvgIpc) is 3.02. The number of hydrogen-bond acceptors (Lipinski definition) is 8. The number of nitro groups is 2. The van der Waals surface area contributed by atoms with E-state index in [0.717, 1.165) is 16.0 Å². The first-order valence-electron chi connectivity index (χ1n) is 7.07. The van der Waals surface area contributed by atoms with E-state index in [0.29, 0.717) is 29.4 Å². The van der Waals surface area contributed by atoms with Gasteiger partial charge in [-0.15, -0.1) is 11.3 Å². The van der Waals surface area contributed by atoms with Crippen LogP contribution in [0.25, 0.3) is 10.2 Å². The lowest BCUT2D eigenvalue weighted by Crippen LogP contribution is -2.16. The number of rotatable bonds is 5. The molecule has 0 spiro atoms. The summed E-state index contributed by atoms with van der Waals surface area (Å²) in [6, 6.07) is 7.73. The summed E-state index contributed by atoms with van der Waals surface area (Å²) in [4.78, 5) is 23.2. The van der Waals surface area contributed by atoms with Gasteiger partial charge in [-0.1, -0.05) is 12.1 Å². The first kappa shape index (κ1) is 20.2. The summed E-state index contributed by atoms with van der Waals surface area (Å²) in [5.41, 5.74) is -6.56. The van der Waals surface area contributed by atoms with E-state index in [4.69, 9.17) is 0 Å². The Morgan fingerprint density at radius 2 is 1.64 bits per heavy atom. The SMILES string of the molecule is O=[N+]([O-])c1cc(S(=O)C(F)(F)F)cc([N+](=O)[O-])c1Sc1nc2ccccc2s1. The molecule has 0 fully saturated rings. The molecule has 1 aromatic heterocycles. The Bertz CT molecular complexity index is 1060. The van der Waals surface area contributed by atoms with Gasteiger partial charge in [0.2, 0.25) is 0 Å². The van der Waals surface area contributed by atoms with Crippen molar-refractivity contribution >= 4 is 55.5 Å². The molecule has 0 saturated carbocycles. The van der Waals surface area contributed by atoms with Crippen LogP contribution in [0.4, 0.5) is 24.5 Å². The van der Waals surface area contributed by atoms with Gasteiger partial charge >= 0.3 is 5.51 Å². The molecule has 2 aromatic carbocycles. The van der Waals surface area contributed by atoms with Crippen LogP contribution >= 0.6 is 23.1 Å². The highest BCUT2D eigenvalue weighted by Crippen LogP contribution is 2.45. The molecule has 0 amide bonds. The topological polar surface area (TPSA) is 116 Å². The van der Waals surface area contributed by atoms with E-state index >= 15 is 0 Å². The molecule has 0 aliphatic rings. The van der Waals surface area contributed by atoms with Crippen molar-refractivity contribution in [2.45, 2.75) is 19.6 Å². The van der Waals surface area contributed by atoms with Crippen LogP contribution in [-0.4, -0.2) is 24.5 Å². The second-order valence-electron chi connectivity index (χ2n) is 5.07. The molecule has 3 aromatic rings. The number of aromatic nitrogens is 1. The van der Waals surface area contributed by atoms with E-state index in [1.165, 1.54) is 0 Å². The molecular weight excluding hydrogens is 443 g/mol. The minimum absolute atomic E-state index is 0.233. The third kappa shape index (κ3) is 3.98. The van der Waals surface area contributed by atoms with Gasteiger partial charge < -0.3 is 0 Å². The Labute approximate surface area is 164 Å². The van der Waals surface area contributed by atoms with Crippen LogP contribution in [0.15, 0.2) is 50.5 Å². The van der Waals surface area contributed by atoms with Gasteiger partial charge in [-0.25, -0.2) is 9.19 Å². The van der Waals surface area contributed by atoms with Gasteiger partial charge in [-0.2, -0.15) is 13.2 Å². The van der Waals surface area contributed by atoms with Crippen molar-refractivity contribution in [1.82, 2.24) is 4.98 Å². The smallest absolute Gasteiger partial charge is 0.258 e. The summed E-state index contributed by atoms with van der Waals surface area (Å²) >= 11 is 1.71. The van der Waals surface area contributed by atoms with Gasteiger partial charge in [0.1, 0.15) is 0 Å². The molecule has 0 saturated heterocycles. The van der Waals surface area contributed by atoms with Gasteiger partial charge in [0, 0.05) is 12.1 Å². The second kappa shape index (κ2) is 7.44. The number of para-hydroxylation sites is 1. The molecule has 3 rings (SSSR count). The van der Waals surface area contributed by atoms with Crippen LogP contribution < -0.4 is 0 Å². The number of nitrogens with zero attached hydrogens (tertiary/aromatic N) is 3. The van der Waals surface area contributed by atoms with Crippen LogP contribution in [0.3, 0.4) is 0 Å². The predicted molar refractivity (Wildman–Crippen MR) is 96.0 cm³/mol. The van der Waals surface area contributed by atoms with Crippen LogP contribution in [0.1, 0.15) is 0 Å². The Kier molecular flexibility index (Phi) is 5.36. The Balaban J connectivity index is 2.16. The molecule has 8 nitrogen and oxygen atoms in total. The van der Waals surface area contributed by atoms with E-state index in [-0.39, 0.29) is 4.34 Å². The van der Waals surface area contributed by atoms with E-state index in [2.05, 4.69) is 4.98 Å². The van der Waals surface area contributed by atoms with E-state index < -0.39 is 47.3 Å². The fourth-order valence-corrected chi connectivity index (χ4v) is 5.05. The van der Waals surface area contributed by atoms with Gasteiger partial charge in [0.05, 0.1) is 25.0 Å². The highest BCUT2D eigenvalue weighted by Gasteiger charge is 2.41. The minimum atomic E-state index is -5.22. The molecule has 1 unspecified atom stereocenters. The van der Waals surface area contributed by atoms with Crippen LogP contribution in [0, 0.1) is 20.2 Å². The Hall–Kier alpha value is -2.58. The summed E-state index contributed by atoms with van der Waals surface area (Å²) in [5, 5.41) is 22.7. The molecule has 0 radical (unpaired) electrons. The number of benzene rings is 2. The van der Waals surface area contributed by atoms with Crippen molar-refractivity contribution in [3.63, 3.8) is 0 Å². The Morgan fingerprint density at radius 1 is 1.07 bits per heavy atom. The molecule has 0 aliphatic carbocycles. The summed E-state index contributed by atoms with van der Waals surface area (Å²) in [6.45, 7) is 0. The standard InChI is InChI=1S/C14H6F3N3O5S3/c15-14(16,17)28(25)7-5-9(19(21)22)12(10(6-7)20(23)24)27-13-18-8-3-1-2-4-11(8)26-13/h1-6H. The normalized spacial score (nSPS) is 12.8. The molecule has 1 atom stereocenters. The fraction of sp³-hybridized carbons (Fsp3) is 0.0714. The van der Waals surface area contributed by atoms with E-state index in [9.17, 15) is 37.6 Å². The number of thiazole rings is 1. The maximum absolute atomic E-state index is 12.7. The van der Waals surface area contributed by atoms with Gasteiger partial charge in [0.15, 0.2) is 20.0 Å². The zero-order valence-corrected chi connectivity index (χ0v) is 15.7. The van der Waals surface area contributed by atoms with Crippen LogP contribution in [-0.2, 0) is 10.8 Å². The summed E-state index contributed by atoms with van der Waals surface area (Å²) in [6.07, 6.45) is 0. The monoisotopic (exact) mass is 449 g/mol. The molecule has 28 heavy (non-hydrogen) atoms. The van der Waals surface area contributed by atoms with Crippen molar-refractivity contribution in [2.75, 3.05) is 0 Å². The zero-order chi connectivity index (χ0) is 20.6. The first-order valence-corrected chi connectivity index (χ1v) is 9.85. The minimum Gasteiger partial charge on any atom is -0.258 e. The molecule has 0 N–H and O–H groups in total. The molecular formula is C14H6F3N3O5S3. The highest BCUT2D eigenvalue weighted by molar-refractivity contribution is 8.01. The lowest BCUT2D eigenvalue weighted by molar-refractivity contribution is -0.400. The highest BCUT2D eigenvalue weighted by atomic mass is 32.2. The second-order valence-corrected chi connectivity index (χ2v) is 8.83. The lowest BCUT2D eigenvalue weighted by Gasteiger charge is -2.08. The average molecular weight is 449 g/mol. The van der Waals surface area contributed by atoms with Crippen molar-refractivity contribution in [3.05, 3.63) is 56.6 Å². The summed E-state index contributed by atoms with van der Waals surface area (Å²) in [7, 11) is -3.65. The number of fused-ring (bicyclic) bond motifs is 1.